The molecule has 0 saturated heterocycles. The normalized spacial score (nSPS) is 24.7. The Morgan fingerprint density at radius 3 is 2.48 bits per heavy atom. The van der Waals surface area contributed by atoms with E-state index in [0.29, 0.717) is 5.92 Å². The van der Waals surface area contributed by atoms with E-state index < -0.39 is 0 Å². The minimum absolute atomic E-state index is 0.208. The fourth-order valence-electron chi connectivity index (χ4n) is 3.53. The highest BCUT2D eigenvalue weighted by molar-refractivity contribution is 5.70. The first-order valence-electron chi connectivity index (χ1n) is 7.84. The highest BCUT2D eigenvalue weighted by atomic mass is 15.2. The number of fused-ring (bicyclic) bond motifs is 1. The maximum Gasteiger partial charge on any atom is 0.0447 e. The van der Waals surface area contributed by atoms with E-state index in [2.05, 4.69) is 73.3 Å². The first kappa shape index (κ1) is 14.2. The zero-order chi connectivity index (χ0) is 14.9. The highest BCUT2D eigenvalue weighted by Crippen LogP contribution is 2.44. The van der Waals surface area contributed by atoms with Crippen molar-refractivity contribution >= 4 is 11.4 Å². The summed E-state index contributed by atoms with van der Waals surface area (Å²) in [5.41, 5.74) is 10.4. The number of nitrogens with zero attached hydrogens (tertiary/aromatic N) is 1. The first-order chi connectivity index (χ1) is 10.1. The van der Waals surface area contributed by atoms with Gasteiger partial charge in [0.2, 0.25) is 0 Å². The number of hydrogen-bond acceptors (Lipinski definition) is 2. The van der Waals surface area contributed by atoms with Crippen LogP contribution in [0.25, 0.3) is 0 Å². The van der Waals surface area contributed by atoms with Gasteiger partial charge in [-0.1, -0.05) is 49.7 Å². The fraction of sp³-hybridized carbons (Fsp3) is 0.368. The van der Waals surface area contributed by atoms with Gasteiger partial charge in [0.05, 0.1) is 0 Å². The van der Waals surface area contributed by atoms with Crippen molar-refractivity contribution in [3.8, 4) is 0 Å². The molecule has 2 atom stereocenters. The van der Waals surface area contributed by atoms with Crippen molar-refractivity contribution in [3.05, 3.63) is 60.2 Å². The fourth-order valence-corrected chi connectivity index (χ4v) is 3.53. The molecule has 0 fully saturated rings. The van der Waals surface area contributed by atoms with Crippen LogP contribution in [0.15, 0.2) is 54.6 Å². The largest absolute Gasteiger partial charge is 0.339 e. The van der Waals surface area contributed by atoms with Crippen LogP contribution in [0.3, 0.4) is 0 Å². The summed E-state index contributed by atoms with van der Waals surface area (Å²) in [6.45, 7) is 5.29. The van der Waals surface area contributed by atoms with Gasteiger partial charge in [-0.3, -0.25) is 0 Å². The van der Waals surface area contributed by atoms with E-state index in [9.17, 15) is 0 Å². The molecule has 0 aromatic heterocycles. The molecule has 0 spiro atoms. The van der Waals surface area contributed by atoms with Crippen LogP contribution in [0.5, 0.6) is 0 Å². The number of rotatable bonds is 3. The van der Waals surface area contributed by atoms with E-state index in [0.717, 1.165) is 19.4 Å². The second kappa shape index (κ2) is 5.53. The molecule has 0 bridgehead atoms. The maximum atomic E-state index is 6.71. The second-order valence-electron chi connectivity index (χ2n) is 6.33. The Hall–Kier alpha value is -1.80. The van der Waals surface area contributed by atoms with Gasteiger partial charge in [0.1, 0.15) is 0 Å². The molecule has 0 saturated carbocycles. The molecule has 110 valence electrons. The van der Waals surface area contributed by atoms with Crippen LogP contribution in [0.2, 0.25) is 0 Å². The Labute approximate surface area is 127 Å². The summed E-state index contributed by atoms with van der Waals surface area (Å²) in [4.78, 5) is 2.36. The number of nitrogens with two attached hydrogens (primary N) is 1. The Kier molecular flexibility index (Phi) is 3.73. The Morgan fingerprint density at radius 1 is 1.10 bits per heavy atom. The van der Waals surface area contributed by atoms with Crippen LogP contribution in [0.1, 0.15) is 38.2 Å². The molecule has 21 heavy (non-hydrogen) atoms. The SMILES string of the molecule is CCC[C@H]1c2ccccc2N(c2ccccc2)C[C@@]1(C)N. The van der Waals surface area contributed by atoms with E-state index >= 15 is 0 Å². The molecule has 2 aromatic rings. The third-order valence-corrected chi connectivity index (χ3v) is 4.54. The molecular weight excluding hydrogens is 256 g/mol. The average molecular weight is 280 g/mol. The van der Waals surface area contributed by atoms with Crippen molar-refractivity contribution in [2.24, 2.45) is 5.73 Å². The van der Waals surface area contributed by atoms with Crippen LogP contribution >= 0.6 is 0 Å². The van der Waals surface area contributed by atoms with Crippen LogP contribution in [0, 0.1) is 0 Å². The summed E-state index contributed by atoms with van der Waals surface area (Å²) in [5.74, 6) is 0.429. The van der Waals surface area contributed by atoms with Crippen molar-refractivity contribution in [1.29, 1.82) is 0 Å². The summed E-state index contributed by atoms with van der Waals surface area (Å²) in [6.07, 6.45) is 2.31. The van der Waals surface area contributed by atoms with Gasteiger partial charge in [-0.25, -0.2) is 0 Å². The molecule has 1 aliphatic heterocycles. The number of benzene rings is 2. The van der Waals surface area contributed by atoms with Crippen molar-refractivity contribution in [2.75, 3.05) is 11.4 Å². The molecular formula is C19H24N2. The maximum absolute atomic E-state index is 6.71. The quantitative estimate of drug-likeness (QED) is 0.900. The predicted molar refractivity (Wildman–Crippen MR) is 90.1 cm³/mol. The van der Waals surface area contributed by atoms with Gasteiger partial charge in [-0.05, 0) is 37.1 Å². The zero-order valence-corrected chi connectivity index (χ0v) is 12.9. The van der Waals surface area contributed by atoms with Crippen molar-refractivity contribution < 1.29 is 0 Å². The van der Waals surface area contributed by atoms with Gasteiger partial charge in [-0.15, -0.1) is 0 Å². The van der Waals surface area contributed by atoms with Crippen LogP contribution < -0.4 is 10.6 Å². The molecule has 2 heteroatoms. The molecule has 0 amide bonds. The van der Waals surface area contributed by atoms with E-state index in [1.54, 1.807) is 0 Å². The molecule has 0 unspecified atom stereocenters. The molecule has 2 aromatic carbocycles. The third kappa shape index (κ3) is 2.56. The smallest absolute Gasteiger partial charge is 0.0447 e. The molecule has 2 nitrogen and oxygen atoms in total. The molecule has 1 heterocycles. The lowest BCUT2D eigenvalue weighted by Gasteiger charge is -2.46. The highest BCUT2D eigenvalue weighted by Gasteiger charge is 2.39. The Bertz CT molecular complexity index is 604. The van der Waals surface area contributed by atoms with Crippen LogP contribution in [-0.4, -0.2) is 12.1 Å². The molecule has 0 radical (unpaired) electrons. The third-order valence-electron chi connectivity index (χ3n) is 4.54. The summed E-state index contributed by atoms with van der Waals surface area (Å²) < 4.78 is 0. The lowest BCUT2D eigenvalue weighted by molar-refractivity contribution is 0.350. The average Bonchev–Trinajstić information content (AvgIpc) is 2.51. The standard InChI is InChI=1S/C19H24N2/c1-3-9-17-16-12-7-8-13-18(16)21(14-19(17,2)20)15-10-5-4-6-11-15/h4-8,10-13,17H,3,9,14,20H2,1-2H3/t17-,19+/m0/s1. The van der Waals surface area contributed by atoms with Gasteiger partial charge in [0.15, 0.2) is 0 Å². The first-order valence-corrected chi connectivity index (χ1v) is 7.84. The molecule has 3 rings (SSSR count). The van der Waals surface area contributed by atoms with E-state index in [-0.39, 0.29) is 5.54 Å². The van der Waals surface area contributed by atoms with E-state index in [4.69, 9.17) is 5.73 Å². The van der Waals surface area contributed by atoms with E-state index in [1.165, 1.54) is 16.9 Å². The van der Waals surface area contributed by atoms with E-state index in [1.807, 2.05) is 0 Å². The summed E-state index contributed by atoms with van der Waals surface area (Å²) in [5, 5.41) is 0. The van der Waals surface area contributed by atoms with Gasteiger partial charge in [0, 0.05) is 29.4 Å². The molecule has 2 N–H and O–H groups in total. The van der Waals surface area contributed by atoms with Crippen molar-refractivity contribution in [1.82, 2.24) is 0 Å². The molecule has 1 aliphatic rings. The lowest BCUT2D eigenvalue weighted by Crippen LogP contribution is -2.54. The van der Waals surface area contributed by atoms with Gasteiger partial charge in [0.25, 0.3) is 0 Å². The number of hydrogen-bond donors (Lipinski definition) is 1. The summed E-state index contributed by atoms with van der Waals surface area (Å²) in [7, 11) is 0. The van der Waals surface area contributed by atoms with Crippen LogP contribution in [-0.2, 0) is 0 Å². The minimum Gasteiger partial charge on any atom is -0.339 e. The Morgan fingerprint density at radius 2 is 1.76 bits per heavy atom. The van der Waals surface area contributed by atoms with Crippen LogP contribution in [0.4, 0.5) is 11.4 Å². The predicted octanol–water partition coefficient (Wildman–Crippen LogP) is 4.44. The van der Waals surface area contributed by atoms with Crippen molar-refractivity contribution in [3.63, 3.8) is 0 Å². The topological polar surface area (TPSA) is 29.3 Å². The Balaban J connectivity index is 2.10. The lowest BCUT2D eigenvalue weighted by atomic mass is 9.74. The zero-order valence-electron chi connectivity index (χ0n) is 12.9. The second-order valence-corrected chi connectivity index (χ2v) is 6.33. The van der Waals surface area contributed by atoms with Crippen molar-refractivity contribution in [2.45, 2.75) is 38.1 Å². The van der Waals surface area contributed by atoms with Gasteiger partial charge >= 0.3 is 0 Å². The number of para-hydroxylation sites is 2. The van der Waals surface area contributed by atoms with Gasteiger partial charge in [-0.2, -0.15) is 0 Å². The summed E-state index contributed by atoms with van der Waals surface area (Å²) >= 11 is 0. The summed E-state index contributed by atoms with van der Waals surface area (Å²) in [6, 6.07) is 19.3. The van der Waals surface area contributed by atoms with Gasteiger partial charge < -0.3 is 10.6 Å². The minimum atomic E-state index is -0.208. The number of anilines is 2. The monoisotopic (exact) mass is 280 g/mol. The molecule has 0 aliphatic carbocycles.